The monoisotopic (exact) mass is 356 g/mol. The van der Waals surface area contributed by atoms with Gasteiger partial charge in [-0.05, 0) is 25.1 Å². The molecule has 1 aromatic heterocycles. The summed E-state index contributed by atoms with van der Waals surface area (Å²) in [6, 6.07) is 0. The second-order valence-electron chi connectivity index (χ2n) is 8.00. The number of nitrogens with zero attached hydrogens (tertiary/aromatic N) is 1. The number of aromatic nitrogens is 2. The van der Waals surface area contributed by atoms with E-state index in [0.717, 1.165) is 0 Å². The van der Waals surface area contributed by atoms with E-state index in [9.17, 15) is 14.7 Å². The van der Waals surface area contributed by atoms with Crippen LogP contribution in [0.25, 0.3) is 0 Å². The minimum absolute atomic E-state index is 0.0938. The minimum Gasteiger partial charge on any atom is -0.414 e. The van der Waals surface area contributed by atoms with Gasteiger partial charge < -0.3 is 14.3 Å². The number of ether oxygens (including phenoxy) is 1. The molecule has 0 saturated carbocycles. The van der Waals surface area contributed by atoms with E-state index in [-0.39, 0.29) is 11.1 Å². The van der Waals surface area contributed by atoms with Crippen LogP contribution in [0.4, 0.5) is 0 Å². The van der Waals surface area contributed by atoms with E-state index in [4.69, 9.17) is 9.16 Å². The quantitative estimate of drug-likeness (QED) is 0.798. The van der Waals surface area contributed by atoms with Crippen molar-refractivity contribution in [1.82, 2.24) is 9.55 Å². The number of H-pyrrole nitrogens is 1. The van der Waals surface area contributed by atoms with Gasteiger partial charge in [-0.3, -0.25) is 14.3 Å². The maximum atomic E-state index is 12.0. The summed E-state index contributed by atoms with van der Waals surface area (Å²) < 4.78 is 13.2. The van der Waals surface area contributed by atoms with Crippen molar-refractivity contribution in [2.75, 3.05) is 6.61 Å². The zero-order valence-electron chi connectivity index (χ0n) is 15.3. The summed E-state index contributed by atoms with van der Waals surface area (Å²) in [5, 5.41) is 10.4. The molecule has 1 unspecified atom stereocenters. The van der Waals surface area contributed by atoms with Crippen LogP contribution in [0.15, 0.2) is 15.8 Å². The normalized spacial score (nSPS) is 25.2. The molecule has 0 aliphatic carbocycles. The van der Waals surface area contributed by atoms with Crippen LogP contribution in [-0.2, 0) is 9.16 Å². The summed E-state index contributed by atoms with van der Waals surface area (Å²) in [6.07, 6.45) is -0.0869. The second kappa shape index (κ2) is 6.59. The molecular weight excluding hydrogens is 328 g/mol. The third-order valence-corrected chi connectivity index (χ3v) is 9.52. The van der Waals surface area contributed by atoms with Gasteiger partial charge in [0.15, 0.2) is 14.5 Å². The van der Waals surface area contributed by atoms with Crippen molar-refractivity contribution in [3.8, 4) is 0 Å². The summed E-state index contributed by atoms with van der Waals surface area (Å²) in [4.78, 5) is 25.7. The summed E-state index contributed by atoms with van der Waals surface area (Å²) in [6.45, 7) is 12.8. The van der Waals surface area contributed by atoms with Gasteiger partial charge in [0, 0.05) is 18.2 Å². The predicted molar refractivity (Wildman–Crippen MR) is 93.7 cm³/mol. The van der Waals surface area contributed by atoms with Crippen LogP contribution in [0.1, 0.15) is 39.0 Å². The molecule has 24 heavy (non-hydrogen) atoms. The first kappa shape index (κ1) is 19.1. The smallest absolute Gasteiger partial charge is 0.330 e. The van der Waals surface area contributed by atoms with E-state index in [1.54, 1.807) is 6.92 Å². The number of hydrogen-bond acceptors (Lipinski definition) is 5. The molecule has 2 N–H and O–H groups in total. The molecule has 1 saturated heterocycles. The van der Waals surface area contributed by atoms with Gasteiger partial charge in [-0.2, -0.15) is 0 Å². The van der Waals surface area contributed by atoms with E-state index < -0.39 is 31.9 Å². The van der Waals surface area contributed by atoms with Gasteiger partial charge in [-0.25, -0.2) is 4.79 Å². The zero-order chi connectivity index (χ0) is 18.3. The van der Waals surface area contributed by atoms with Crippen molar-refractivity contribution in [1.29, 1.82) is 0 Å². The summed E-state index contributed by atoms with van der Waals surface area (Å²) >= 11 is 0. The first-order chi connectivity index (χ1) is 10.9. The van der Waals surface area contributed by atoms with E-state index >= 15 is 0 Å². The number of nitrogens with one attached hydrogen (secondary N) is 1. The highest BCUT2D eigenvalue weighted by Crippen LogP contribution is 2.37. The topological polar surface area (TPSA) is 93.6 Å². The fourth-order valence-electron chi connectivity index (χ4n) is 2.38. The first-order valence-electron chi connectivity index (χ1n) is 8.22. The molecule has 1 fully saturated rings. The predicted octanol–water partition coefficient (Wildman–Crippen LogP) is 1.52. The highest BCUT2D eigenvalue weighted by molar-refractivity contribution is 6.74. The Labute approximate surface area is 142 Å². The highest BCUT2D eigenvalue weighted by Gasteiger charge is 2.40. The third-order valence-electron chi connectivity index (χ3n) is 5.02. The maximum Gasteiger partial charge on any atom is 0.330 e. The first-order valence-corrected chi connectivity index (χ1v) is 11.1. The molecular formula is C16H28N2O5Si. The van der Waals surface area contributed by atoms with Crippen LogP contribution in [-0.4, -0.2) is 41.8 Å². The molecule has 2 heterocycles. The number of aryl methyl sites for hydroxylation is 1. The average molecular weight is 356 g/mol. The fourth-order valence-corrected chi connectivity index (χ4v) is 3.42. The van der Waals surface area contributed by atoms with Crippen LogP contribution < -0.4 is 11.2 Å². The third kappa shape index (κ3) is 3.88. The highest BCUT2D eigenvalue weighted by atomic mass is 28.4. The Bertz CT molecular complexity index is 704. The standard InChI is InChI=1S/C16H28N2O5Si/c1-10-8-18(15(21)17-13(10)20)14-12(19)7-11(23-14)9-22-24(5,6)16(2,3)4/h8,11-12,14,19H,7,9H2,1-6H3,(H,17,20,21)/t11-,12?,14+/m1/s1. The Morgan fingerprint density at radius 1 is 1.42 bits per heavy atom. The van der Waals surface area contributed by atoms with Crippen LogP contribution in [0, 0.1) is 6.92 Å². The van der Waals surface area contributed by atoms with Gasteiger partial charge in [0.05, 0.1) is 12.7 Å². The van der Waals surface area contributed by atoms with Crippen molar-refractivity contribution in [2.45, 2.75) is 70.7 Å². The van der Waals surface area contributed by atoms with Gasteiger partial charge in [0.2, 0.25) is 0 Å². The molecule has 136 valence electrons. The SMILES string of the molecule is Cc1cn([C@H]2O[C@@H](CO[Si](C)(C)C(C)(C)C)CC2O)c(=O)[nH]c1=O. The lowest BCUT2D eigenvalue weighted by Crippen LogP contribution is -2.42. The molecule has 0 amide bonds. The largest absolute Gasteiger partial charge is 0.414 e. The molecule has 0 spiro atoms. The van der Waals surface area contributed by atoms with E-state index in [1.807, 2.05) is 0 Å². The Balaban J connectivity index is 2.09. The Kier molecular flexibility index (Phi) is 5.24. The average Bonchev–Trinajstić information content (AvgIpc) is 2.80. The van der Waals surface area contributed by atoms with Gasteiger partial charge in [0.1, 0.15) is 6.10 Å². The lowest BCUT2D eigenvalue weighted by molar-refractivity contribution is -0.0516. The molecule has 1 aliphatic heterocycles. The van der Waals surface area contributed by atoms with Crippen LogP contribution in [0.5, 0.6) is 0 Å². The summed E-state index contributed by atoms with van der Waals surface area (Å²) in [5.74, 6) is 0. The van der Waals surface area contributed by atoms with Crippen molar-refractivity contribution in [2.24, 2.45) is 0 Å². The lowest BCUT2D eigenvalue weighted by atomic mass is 10.2. The maximum absolute atomic E-state index is 12.0. The van der Waals surface area contributed by atoms with Crippen molar-refractivity contribution in [3.63, 3.8) is 0 Å². The molecule has 1 aromatic rings. The number of hydrogen-bond donors (Lipinski definition) is 2. The van der Waals surface area contributed by atoms with Gasteiger partial charge in [0.25, 0.3) is 5.56 Å². The number of aliphatic hydroxyl groups excluding tert-OH is 1. The summed E-state index contributed by atoms with van der Waals surface area (Å²) in [5.41, 5.74) is -0.617. The summed E-state index contributed by atoms with van der Waals surface area (Å²) in [7, 11) is -1.90. The molecule has 2 rings (SSSR count). The molecule has 1 aliphatic rings. The lowest BCUT2D eigenvalue weighted by Gasteiger charge is -2.36. The number of aromatic amines is 1. The molecule has 0 radical (unpaired) electrons. The van der Waals surface area contributed by atoms with Crippen molar-refractivity contribution < 1.29 is 14.3 Å². The molecule has 3 atom stereocenters. The van der Waals surface area contributed by atoms with E-state index in [1.165, 1.54) is 10.8 Å². The Morgan fingerprint density at radius 2 is 2.04 bits per heavy atom. The van der Waals surface area contributed by atoms with Crippen molar-refractivity contribution >= 4 is 8.32 Å². The van der Waals surface area contributed by atoms with Crippen LogP contribution >= 0.6 is 0 Å². The fraction of sp³-hybridized carbons (Fsp3) is 0.750. The molecule has 8 heteroatoms. The molecule has 0 aromatic carbocycles. The van der Waals surface area contributed by atoms with Crippen LogP contribution in [0.2, 0.25) is 18.1 Å². The van der Waals surface area contributed by atoms with E-state index in [2.05, 4.69) is 38.8 Å². The number of aliphatic hydroxyl groups is 1. The van der Waals surface area contributed by atoms with Gasteiger partial charge in [-0.1, -0.05) is 20.8 Å². The number of rotatable bonds is 4. The van der Waals surface area contributed by atoms with Gasteiger partial charge >= 0.3 is 5.69 Å². The molecule has 7 nitrogen and oxygen atoms in total. The Hall–Kier alpha value is -1.22. The van der Waals surface area contributed by atoms with Crippen LogP contribution in [0.3, 0.4) is 0 Å². The molecule has 0 bridgehead atoms. The van der Waals surface area contributed by atoms with E-state index in [0.29, 0.717) is 18.6 Å². The van der Waals surface area contributed by atoms with Gasteiger partial charge in [-0.15, -0.1) is 0 Å². The second-order valence-corrected chi connectivity index (χ2v) is 12.8. The van der Waals surface area contributed by atoms with Crippen molar-refractivity contribution in [3.05, 3.63) is 32.6 Å². The minimum atomic E-state index is -1.90. The zero-order valence-corrected chi connectivity index (χ0v) is 16.3. The Morgan fingerprint density at radius 3 is 2.62 bits per heavy atom.